The minimum Gasteiger partial charge on any atom is -0.343 e. The smallest absolute Gasteiger partial charge is 0.286 e. The molecule has 0 atom stereocenters. The molecule has 0 unspecified atom stereocenters. The van der Waals surface area contributed by atoms with Gasteiger partial charge in [-0.1, -0.05) is 42.4 Å². The van der Waals surface area contributed by atoms with E-state index in [1.165, 1.54) is 37.0 Å². The first-order valence-corrected chi connectivity index (χ1v) is 11.0. The fourth-order valence-corrected chi connectivity index (χ4v) is 5.07. The molecule has 28 heavy (non-hydrogen) atoms. The van der Waals surface area contributed by atoms with E-state index in [2.05, 4.69) is 15.5 Å². The number of nitrogens with zero attached hydrogens (tertiary/aromatic N) is 3. The molecule has 0 bridgehead atoms. The van der Waals surface area contributed by atoms with Crippen molar-refractivity contribution in [3.63, 3.8) is 0 Å². The molecule has 2 amide bonds. The molecule has 148 valence electrons. The van der Waals surface area contributed by atoms with Gasteiger partial charge in [0.1, 0.15) is 5.01 Å². The molecule has 2 aromatic rings. The molecule has 1 saturated carbocycles. The number of carbonyl (C=O) groups excluding carboxylic acids is 2. The summed E-state index contributed by atoms with van der Waals surface area (Å²) in [7, 11) is 0. The number of nitrogens with one attached hydrogen (secondary N) is 1. The maximum absolute atomic E-state index is 12.5. The van der Waals surface area contributed by atoms with Gasteiger partial charge in [0.2, 0.25) is 10.9 Å². The average Bonchev–Trinajstić information content (AvgIpc) is 3.41. The van der Waals surface area contributed by atoms with Crippen LogP contribution in [0.15, 0.2) is 30.3 Å². The molecule has 1 N–H and O–H groups in total. The van der Waals surface area contributed by atoms with E-state index in [4.69, 9.17) is 0 Å². The summed E-state index contributed by atoms with van der Waals surface area (Å²) >= 11 is 1.36. The van der Waals surface area contributed by atoms with E-state index >= 15 is 0 Å². The van der Waals surface area contributed by atoms with Crippen LogP contribution in [0.25, 0.3) is 0 Å². The van der Waals surface area contributed by atoms with E-state index in [0.29, 0.717) is 23.3 Å². The second kappa shape index (κ2) is 8.82. The Bertz CT molecular complexity index is 809. The highest BCUT2D eigenvalue weighted by Gasteiger charge is 2.28. The molecule has 2 aliphatic rings. The van der Waals surface area contributed by atoms with Crippen LogP contribution in [0.3, 0.4) is 0 Å². The maximum atomic E-state index is 12.5. The number of anilines is 1. The van der Waals surface area contributed by atoms with Crippen molar-refractivity contribution >= 4 is 28.8 Å². The Kier molecular flexibility index (Phi) is 6.00. The number of carbonyl (C=O) groups is 2. The molecule has 7 heteroatoms. The Labute approximate surface area is 169 Å². The normalized spacial score (nSPS) is 18.4. The van der Waals surface area contributed by atoms with Crippen molar-refractivity contribution < 1.29 is 9.59 Å². The number of benzene rings is 1. The molecule has 6 nitrogen and oxygen atoms in total. The third kappa shape index (κ3) is 4.58. The van der Waals surface area contributed by atoms with Gasteiger partial charge in [-0.15, -0.1) is 10.2 Å². The van der Waals surface area contributed by atoms with Crippen LogP contribution < -0.4 is 5.32 Å². The van der Waals surface area contributed by atoms with Crippen molar-refractivity contribution in [2.24, 2.45) is 5.92 Å². The van der Waals surface area contributed by atoms with Gasteiger partial charge in [-0.05, 0) is 43.7 Å². The third-order valence-corrected chi connectivity index (χ3v) is 6.89. The Morgan fingerprint density at radius 1 is 1.04 bits per heavy atom. The summed E-state index contributed by atoms with van der Waals surface area (Å²) in [6.07, 6.45) is 7.47. The summed E-state index contributed by atoms with van der Waals surface area (Å²) < 4.78 is 0. The SMILES string of the molecule is O=C(Nc1ccccc1)c1nnc(C2CCN(C(=O)CC3CCCC3)CC2)s1. The number of amides is 2. The van der Waals surface area contributed by atoms with Gasteiger partial charge >= 0.3 is 0 Å². The summed E-state index contributed by atoms with van der Waals surface area (Å²) in [5.74, 6) is 0.968. The summed E-state index contributed by atoms with van der Waals surface area (Å²) in [5.41, 5.74) is 0.748. The number of hydrogen-bond donors (Lipinski definition) is 1. The van der Waals surface area contributed by atoms with E-state index in [-0.39, 0.29) is 11.8 Å². The van der Waals surface area contributed by atoms with Gasteiger partial charge < -0.3 is 10.2 Å². The highest BCUT2D eigenvalue weighted by molar-refractivity contribution is 7.13. The summed E-state index contributed by atoms with van der Waals surface area (Å²) in [6.45, 7) is 1.56. The number of para-hydroxylation sites is 1. The summed E-state index contributed by atoms with van der Waals surface area (Å²) in [5, 5.41) is 12.5. The number of likely N-dealkylation sites (tertiary alicyclic amines) is 1. The fourth-order valence-electron chi connectivity index (χ4n) is 4.16. The first-order chi connectivity index (χ1) is 13.7. The van der Waals surface area contributed by atoms with E-state index in [0.717, 1.165) is 36.6 Å². The predicted molar refractivity (Wildman–Crippen MR) is 109 cm³/mol. The van der Waals surface area contributed by atoms with Crippen LogP contribution in [-0.4, -0.2) is 40.0 Å². The van der Waals surface area contributed by atoms with Gasteiger partial charge in [0, 0.05) is 31.1 Å². The van der Waals surface area contributed by atoms with Gasteiger partial charge in [-0.2, -0.15) is 0 Å². The first-order valence-electron chi connectivity index (χ1n) is 10.2. The minimum absolute atomic E-state index is 0.223. The Hall–Kier alpha value is -2.28. The monoisotopic (exact) mass is 398 g/mol. The molecule has 4 rings (SSSR count). The molecular weight excluding hydrogens is 372 g/mol. The third-order valence-electron chi connectivity index (χ3n) is 5.80. The lowest BCUT2D eigenvalue weighted by atomic mass is 9.96. The van der Waals surface area contributed by atoms with Crippen LogP contribution >= 0.6 is 11.3 Å². The van der Waals surface area contributed by atoms with Crippen LogP contribution in [0.1, 0.15) is 65.7 Å². The highest BCUT2D eigenvalue weighted by Crippen LogP contribution is 2.32. The van der Waals surface area contributed by atoms with Crippen LogP contribution in [0, 0.1) is 5.92 Å². The molecular formula is C21H26N4O2S. The van der Waals surface area contributed by atoms with Crippen molar-refractivity contribution in [2.45, 2.75) is 50.9 Å². The largest absolute Gasteiger partial charge is 0.343 e. The van der Waals surface area contributed by atoms with Gasteiger partial charge in [0.05, 0.1) is 0 Å². The molecule has 2 heterocycles. The van der Waals surface area contributed by atoms with E-state index in [9.17, 15) is 9.59 Å². The minimum atomic E-state index is -0.223. The molecule has 0 spiro atoms. The second-order valence-electron chi connectivity index (χ2n) is 7.78. The molecule has 1 aliphatic carbocycles. The lowest BCUT2D eigenvalue weighted by Gasteiger charge is -2.31. The van der Waals surface area contributed by atoms with Crippen LogP contribution in [-0.2, 0) is 4.79 Å². The quantitative estimate of drug-likeness (QED) is 0.824. The van der Waals surface area contributed by atoms with E-state index in [1.807, 2.05) is 35.2 Å². The molecule has 0 radical (unpaired) electrons. The molecule has 1 aromatic carbocycles. The molecule has 1 aromatic heterocycles. The average molecular weight is 399 g/mol. The van der Waals surface area contributed by atoms with Crippen molar-refractivity contribution in [1.29, 1.82) is 0 Å². The summed E-state index contributed by atoms with van der Waals surface area (Å²) in [4.78, 5) is 26.9. The second-order valence-corrected chi connectivity index (χ2v) is 8.78. The standard InChI is InChI=1S/C21H26N4O2S/c26-18(14-15-6-4-5-7-15)25-12-10-16(11-13-25)20-23-24-21(28-20)19(27)22-17-8-2-1-3-9-17/h1-3,8-9,15-16H,4-7,10-14H2,(H,22,27). The van der Waals surface area contributed by atoms with Crippen molar-refractivity contribution in [3.8, 4) is 0 Å². The Balaban J connectivity index is 1.29. The van der Waals surface area contributed by atoms with Crippen molar-refractivity contribution in [2.75, 3.05) is 18.4 Å². The topological polar surface area (TPSA) is 75.2 Å². The number of rotatable bonds is 5. The number of piperidine rings is 1. The van der Waals surface area contributed by atoms with Gasteiger partial charge in [-0.3, -0.25) is 9.59 Å². The van der Waals surface area contributed by atoms with E-state index in [1.54, 1.807) is 0 Å². The summed E-state index contributed by atoms with van der Waals surface area (Å²) in [6, 6.07) is 9.35. The molecule has 2 fully saturated rings. The lowest BCUT2D eigenvalue weighted by Crippen LogP contribution is -2.38. The first kappa shape index (κ1) is 19.1. The molecule has 1 saturated heterocycles. The lowest BCUT2D eigenvalue weighted by molar-refractivity contribution is -0.133. The van der Waals surface area contributed by atoms with Gasteiger partial charge in [0.25, 0.3) is 5.91 Å². The van der Waals surface area contributed by atoms with Crippen LogP contribution in [0.4, 0.5) is 5.69 Å². The zero-order valence-electron chi connectivity index (χ0n) is 16.0. The van der Waals surface area contributed by atoms with Crippen molar-refractivity contribution in [3.05, 3.63) is 40.3 Å². The zero-order chi connectivity index (χ0) is 19.3. The van der Waals surface area contributed by atoms with Crippen molar-refractivity contribution in [1.82, 2.24) is 15.1 Å². The maximum Gasteiger partial charge on any atom is 0.286 e. The van der Waals surface area contributed by atoms with Gasteiger partial charge in [-0.25, -0.2) is 0 Å². The fraction of sp³-hybridized carbons (Fsp3) is 0.524. The van der Waals surface area contributed by atoms with Gasteiger partial charge in [0.15, 0.2) is 0 Å². The van der Waals surface area contributed by atoms with E-state index < -0.39 is 0 Å². The number of aromatic nitrogens is 2. The Morgan fingerprint density at radius 2 is 1.75 bits per heavy atom. The van der Waals surface area contributed by atoms with Crippen LogP contribution in [0.5, 0.6) is 0 Å². The number of hydrogen-bond acceptors (Lipinski definition) is 5. The Morgan fingerprint density at radius 3 is 2.46 bits per heavy atom. The zero-order valence-corrected chi connectivity index (χ0v) is 16.8. The molecule has 1 aliphatic heterocycles. The van der Waals surface area contributed by atoms with Crippen LogP contribution in [0.2, 0.25) is 0 Å². The predicted octanol–water partition coefficient (Wildman–Crippen LogP) is 4.08. The highest BCUT2D eigenvalue weighted by atomic mass is 32.1.